The molecule has 0 bridgehead atoms. The molecule has 3 aromatic rings. The molecule has 22 heavy (non-hydrogen) atoms. The van der Waals surface area contributed by atoms with E-state index in [2.05, 4.69) is 41.8 Å². The Bertz CT molecular complexity index is 786. The zero-order valence-corrected chi connectivity index (χ0v) is 12.9. The lowest BCUT2D eigenvalue weighted by Gasteiger charge is -2.23. The summed E-state index contributed by atoms with van der Waals surface area (Å²) >= 11 is 0. The first-order valence-electron chi connectivity index (χ1n) is 7.45. The highest BCUT2D eigenvalue weighted by molar-refractivity contribution is 5.73. The van der Waals surface area contributed by atoms with Crippen molar-refractivity contribution in [2.45, 2.75) is 19.9 Å². The van der Waals surface area contributed by atoms with E-state index >= 15 is 0 Å². The van der Waals surface area contributed by atoms with Crippen LogP contribution in [0.1, 0.15) is 38.8 Å². The standard InChI is InChI=1S/C20H19NO/c1-15-12-18(14-22)21(13-15)20(17-9-4-3-5-10-17)19-11-7-6-8-16(19)2/h3-14,20H,1-2H3. The summed E-state index contributed by atoms with van der Waals surface area (Å²) < 4.78 is 2.07. The summed E-state index contributed by atoms with van der Waals surface area (Å²) in [5.41, 5.74) is 5.41. The predicted molar refractivity (Wildman–Crippen MR) is 89.4 cm³/mol. The molecule has 0 fully saturated rings. The van der Waals surface area contributed by atoms with Gasteiger partial charge in [0.2, 0.25) is 0 Å². The van der Waals surface area contributed by atoms with Crippen LogP contribution in [0.25, 0.3) is 0 Å². The normalized spacial score (nSPS) is 12.1. The van der Waals surface area contributed by atoms with Gasteiger partial charge in [-0.25, -0.2) is 0 Å². The number of nitrogens with zero attached hydrogens (tertiary/aromatic N) is 1. The largest absolute Gasteiger partial charge is 0.333 e. The van der Waals surface area contributed by atoms with Crippen LogP contribution in [0.3, 0.4) is 0 Å². The fourth-order valence-corrected chi connectivity index (χ4v) is 2.98. The van der Waals surface area contributed by atoms with Gasteiger partial charge < -0.3 is 4.57 Å². The monoisotopic (exact) mass is 289 g/mol. The van der Waals surface area contributed by atoms with Crippen LogP contribution in [-0.4, -0.2) is 10.9 Å². The molecule has 0 saturated carbocycles. The smallest absolute Gasteiger partial charge is 0.166 e. The van der Waals surface area contributed by atoms with E-state index in [1.54, 1.807) is 0 Å². The van der Waals surface area contributed by atoms with Crippen molar-refractivity contribution in [2.75, 3.05) is 0 Å². The van der Waals surface area contributed by atoms with E-state index in [1.165, 1.54) is 16.7 Å². The highest BCUT2D eigenvalue weighted by Gasteiger charge is 2.20. The number of aryl methyl sites for hydroxylation is 2. The summed E-state index contributed by atoms with van der Waals surface area (Å²) in [6.45, 7) is 4.13. The fourth-order valence-electron chi connectivity index (χ4n) is 2.98. The van der Waals surface area contributed by atoms with E-state index in [1.807, 2.05) is 43.5 Å². The van der Waals surface area contributed by atoms with E-state index in [-0.39, 0.29) is 6.04 Å². The van der Waals surface area contributed by atoms with E-state index in [0.29, 0.717) is 5.69 Å². The molecule has 2 nitrogen and oxygen atoms in total. The summed E-state index contributed by atoms with van der Waals surface area (Å²) in [5.74, 6) is 0. The van der Waals surface area contributed by atoms with Gasteiger partial charge in [-0.05, 0) is 42.2 Å². The Kier molecular flexibility index (Phi) is 3.92. The minimum absolute atomic E-state index is 0.0105. The molecule has 1 heterocycles. The van der Waals surface area contributed by atoms with E-state index in [0.717, 1.165) is 11.8 Å². The molecule has 0 aliphatic rings. The quantitative estimate of drug-likeness (QED) is 0.646. The second kappa shape index (κ2) is 6.02. The van der Waals surface area contributed by atoms with E-state index < -0.39 is 0 Å². The van der Waals surface area contributed by atoms with Crippen molar-refractivity contribution in [1.29, 1.82) is 0 Å². The summed E-state index contributed by atoms with van der Waals surface area (Å²) in [5, 5.41) is 0. The Balaban J connectivity index is 2.24. The molecule has 2 aromatic carbocycles. The van der Waals surface area contributed by atoms with Crippen LogP contribution >= 0.6 is 0 Å². The van der Waals surface area contributed by atoms with Crippen molar-refractivity contribution in [1.82, 2.24) is 4.57 Å². The number of carbonyl (C=O) groups is 1. The average molecular weight is 289 g/mol. The van der Waals surface area contributed by atoms with Gasteiger partial charge in [0.05, 0.1) is 11.7 Å². The number of aromatic nitrogens is 1. The summed E-state index contributed by atoms with van der Waals surface area (Å²) in [7, 11) is 0. The molecular weight excluding hydrogens is 270 g/mol. The molecule has 3 rings (SSSR count). The lowest BCUT2D eigenvalue weighted by atomic mass is 9.94. The summed E-state index contributed by atoms with van der Waals surface area (Å²) in [4.78, 5) is 11.5. The average Bonchev–Trinajstić information content (AvgIpc) is 2.91. The first-order chi connectivity index (χ1) is 10.7. The van der Waals surface area contributed by atoms with Crippen molar-refractivity contribution in [3.8, 4) is 0 Å². The lowest BCUT2D eigenvalue weighted by molar-refractivity contribution is 0.111. The Morgan fingerprint density at radius 1 is 0.955 bits per heavy atom. The van der Waals surface area contributed by atoms with Crippen molar-refractivity contribution in [2.24, 2.45) is 0 Å². The molecule has 110 valence electrons. The van der Waals surface area contributed by atoms with Crippen LogP contribution in [0, 0.1) is 13.8 Å². The van der Waals surface area contributed by atoms with Crippen molar-refractivity contribution in [3.05, 3.63) is 94.8 Å². The summed E-state index contributed by atoms with van der Waals surface area (Å²) in [6, 6.07) is 20.6. The first-order valence-corrected chi connectivity index (χ1v) is 7.45. The third-order valence-electron chi connectivity index (χ3n) is 4.01. The van der Waals surface area contributed by atoms with Crippen LogP contribution in [0.2, 0.25) is 0 Å². The van der Waals surface area contributed by atoms with Gasteiger partial charge in [0.1, 0.15) is 0 Å². The molecule has 2 heteroatoms. The molecule has 0 amide bonds. The minimum Gasteiger partial charge on any atom is -0.333 e. The molecule has 0 radical (unpaired) electrons. The maximum atomic E-state index is 11.5. The molecule has 1 aromatic heterocycles. The predicted octanol–water partition coefficient (Wildman–Crippen LogP) is 4.56. The van der Waals surface area contributed by atoms with Crippen LogP contribution in [0.5, 0.6) is 0 Å². The van der Waals surface area contributed by atoms with Crippen LogP contribution in [-0.2, 0) is 0 Å². The third-order valence-corrected chi connectivity index (χ3v) is 4.01. The fraction of sp³-hybridized carbons (Fsp3) is 0.150. The second-order valence-corrected chi connectivity index (χ2v) is 5.64. The summed E-state index contributed by atoms with van der Waals surface area (Å²) in [6.07, 6.45) is 2.98. The molecule has 0 N–H and O–H groups in total. The maximum Gasteiger partial charge on any atom is 0.166 e. The Morgan fingerprint density at radius 3 is 2.32 bits per heavy atom. The van der Waals surface area contributed by atoms with E-state index in [9.17, 15) is 4.79 Å². The first kappa shape index (κ1) is 14.3. The minimum atomic E-state index is 0.0105. The molecule has 0 saturated heterocycles. The van der Waals surface area contributed by atoms with Gasteiger partial charge in [0.15, 0.2) is 6.29 Å². The van der Waals surface area contributed by atoms with Gasteiger partial charge in [0, 0.05) is 6.20 Å². The molecule has 0 spiro atoms. The number of rotatable bonds is 4. The molecule has 0 aliphatic heterocycles. The van der Waals surface area contributed by atoms with Crippen LogP contribution < -0.4 is 0 Å². The lowest BCUT2D eigenvalue weighted by Crippen LogP contribution is -2.15. The van der Waals surface area contributed by atoms with Gasteiger partial charge in [-0.3, -0.25) is 4.79 Å². The maximum absolute atomic E-state index is 11.5. The molecule has 1 atom stereocenters. The number of hydrogen-bond acceptors (Lipinski definition) is 1. The highest BCUT2D eigenvalue weighted by Crippen LogP contribution is 2.30. The zero-order chi connectivity index (χ0) is 15.5. The molecule has 0 aliphatic carbocycles. The highest BCUT2D eigenvalue weighted by atomic mass is 16.1. The Hall–Kier alpha value is -2.61. The topological polar surface area (TPSA) is 22.0 Å². The Morgan fingerprint density at radius 2 is 1.64 bits per heavy atom. The zero-order valence-electron chi connectivity index (χ0n) is 12.9. The van der Waals surface area contributed by atoms with Gasteiger partial charge in [-0.15, -0.1) is 0 Å². The van der Waals surface area contributed by atoms with Gasteiger partial charge in [-0.2, -0.15) is 0 Å². The number of carbonyl (C=O) groups excluding carboxylic acids is 1. The van der Waals surface area contributed by atoms with Crippen molar-refractivity contribution >= 4 is 6.29 Å². The van der Waals surface area contributed by atoms with Crippen LogP contribution in [0.4, 0.5) is 0 Å². The number of hydrogen-bond donors (Lipinski definition) is 0. The van der Waals surface area contributed by atoms with Gasteiger partial charge >= 0.3 is 0 Å². The van der Waals surface area contributed by atoms with Crippen molar-refractivity contribution in [3.63, 3.8) is 0 Å². The Labute approximate surface area is 131 Å². The van der Waals surface area contributed by atoms with Gasteiger partial charge in [0.25, 0.3) is 0 Å². The van der Waals surface area contributed by atoms with Gasteiger partial charge in [-0.1, -0.05) is 54.6 Å². The molecular formula is C20H19NO. The molecule has 1 unspecified atom stereocenters. The number of aldehydes is 1. The van der Waals surface area contributed by atoms with E-state index in [4.69, 9.17) is 0 Å². The van der Waals surface area contributed by atoms with Crippen LogP contribution in [0.15, 0.2) is 66.9 Å². The van der Waals surface area contributed by atoms with Crippen molar-refractivity contribution < 1.29 is 4.79 Å². The SMILES string of the molecule is Cc1cc(C=O)n(C(c2ccccc2)c2ccccc2C)c1. The second-order valence-electron chi connectivity index (χ2n) is 5.64. The third kappa shape index (κ3) is 2.60. The number of benzene rings is 2.